The molecule has 3 heterocycles. The minimum Gasteiger partial charge on any atom is -0.396 e. The van der Waals surface area contributed by atoms with Crippen LogP contribution in [-0.4, -0.2) is 45.6 Å². The normalized spacial score (nSPS) is 17.2. The van der Waals surface area contributed by atoms with Gasteiger partial charge in [0.05, 0.1) is 16.8 Å². The Morgan fingerprint density at radius 2 is 2.12 bits per heavy atom. The number of pyridine rings is 2. The molecule has 1 aromatic carbocycles. The average molecular weight is 333 g/mol. The Labute approximate surface area is 146 Å². The first kappa shape index (κ1) is 15.7. The predicted molar refractivity (Wildman–Crippen MR) is 96.1 cm³/mol. The number of aromatic nitrogens is 2. The number of benzene rings is 1. The SMILES string of the molecule is O=C(c1cc(-c2cccnc2)nc2ccccc12)N1CCC(CO)C1. The van der Waals surface area contributed by atoms with Gasteiger partial charge in [-0.3, -0.25) is 9.78 Å². The summed E-state index contributed by atoms with van der Waals surface area (Å²) in [6.07, 6.45) is 4.32. The number of hydrogen-bond acceptors (Lipinski definition) is 4. The molecule has 5 nitrogen and oxygen atoms in total. The van der Waals surface area contributed by atoms with E-state index in [-0.39, 0.29) is 18.4 Å². The molecule has 1 N–H and O–H groups in total. The van der Waals surface area contributed by atoms with Crippen molar-refractivity contribution in [1.29, 1.82) is 0 Å². The van der Waals surface area contributed by atoms with Crippen molar-refractivity contribution >= 4 is 16.8 Å². The van der Waals surface area contributed by atoms with Crippen LogP contribution in [0.15, 0.2) is 54.9 Å². The van der Waals surface area contributed by atoms with Crippen LogP contribution in [0.25, 0.3) is 22.2 Å². The van der Waals surface area contributed by atoms with Crippen molar-refractivity contribution in [2.24, 2.45) is 5.92 Å². The largest absolute Gasteiger partial charge is 0.396 e. The van der Waals surface area contributed by atoms with Gasteiger partial charge in [-0.2, -0.15) is 0 Å². The maximum atomic E-state index is 13.1. The fourth-order valence-electron chi connectivity index (χ4n) is 3.35. The van der Waals surface area contributed by atoms with Crippen molar-refractivity contribution in [2.45, 2.75) is 6.42 Å². The zero-order valence-electron chi connectivity index (χ0n) is 13.8. The van der Waals surface area contributed by atoms with Crippen molar-refractivity contribution in [1.82, 2.24) is 14.9 Å². The van der Waals surface area contributed by atoms with Crippen LogP contribution in [-0.2, 0) is 0 Å². The number of hydrogen-bond donors (Lipinski definition) is 1. The Hall–Kier alpha value is -2.79. The monoisotopic (exact) mass is 333 g/mol. The van der Waals surface area contributed by atoms with E-state index in [1.165, 1.54) is 0 Å². The Morgan fingerprint density at radius 1 is 1.24 bits per heavy atom. The number of aliphatic hydroxyl groups is 1. The molecule has 1 aliphatic heterocycles. The maximum absolute atomic E-state index is 13.1. The number of rotatable bonds is 3. The molecule has 4 rings (SSSR count). The Kier molecular flexibility index (Phi) is 4.15. The quantitative estimate of drug-likeness (QED) is 0.800. The highest BCUT2D eigenvalue weighted by atomic mass is 16.3. The van der Waals surface area contributed by atoms with Gasteiger partial charge in [-0.1, -0.05) is 18.2 Å². The number of carbonyl (C=O) groups is 1. The van der Waals surface area contributed by atoms with Crippen LogP contribution in [0.2, 0.25) is 0 Å². The molecule has 1 aliphatic rings. The smallest absolute Gasteiger partial charge is 0.254 e. The van der Waals surface area contributed by atoms with Crippen molar-refractivity contribution in [3.63, 3.8) is 0 Å². The van der Waals surface area contributed by atoms with E-state index in [2.05, 4.69) is 4.98 Å². The molecule has 1 atom stereocenters. The van der Waals surface area contributed by atoms with Gasteiger partial charge in [0.15, 0.2) is 0 Å². The summed E-state index contributed by atoms with van der Waals surface area (Å²) in [5, 5.41) is 10.2. The van der Waals surface area contributed by atoms with Gasteiger partial charge in [0.25, 0.3) is 5.91 Å². The van der Waals surface area contributed by atoms with Crippen LogP contribution in [0.1, 0.15) is 16.8 Å². The highest BCUT2D eigenvalue weighted by Crippen LogP contribution is 2.27. The van der Waals surface area contributed by atoms with Crippen LogP contribution >= 0.6 is 0 Å². The molecule has 1 unspecified atom stereocenters. The Balaban J connectivity index is 1.80. The molecule has 1 saturated heterocycles. The van der Waals surface area contributed by atoms with Crippen LogP contribution < -0.4 is 0 Å². The third kappa shape index (κ3) is 2.98. The first-order valence-corrected chi connectivity index (χ1v) is 8.46. The van der Waals surface area contributed by atoms with E-state index in [9.17, 15) is 9.90 Å². The summed E-state index contributed by atoms with van der Waals surface area (Å²) in [4.78, 5) is 23.8. The fraction of sp³-hybridized carbons (Fsp3) is 0.250. The number of nitrogens with zero attached hydrogens (tertiary/aromatic N) is 3. The highest BCUT2D eigenvalue weighted by Gasteiger charge is 2.27. The topological polar surface area (TPSA) is 66.3 Å². The molecule has 0 saturated carbocycles. The molecule has 5 heteroatoms. The molecule has 1 fully saturated rings. The lowest BCUT2D eigenvalue weighted by molar-refractivity contribution is 0.0784. The number of fused-ring (bicyclic) bond motifs is 1. The number of amides is 1. The summed E-state index contributed by atoms with van der Waals surface area (Å²) in [7, 11) is 0. The van der Waals surface area contributed by atoms with E-state index in [4.69, 9.17) is 4.98 Å². The predicted octanol–water partition coefficient (Wildman–Crippen LogP) is 2.75. The molecule has 2 aromatic heterocycles. The van der Waals surface area contributed by atoms with Crippen LogP contribution in [0, 0.1) is 5.92 Å². The first-order valence-electron chi connectivity index (χ1n) is 8.46. The Morgan fingerprint density at radius 3 is 2.88 bits per heavy atom. The molecule has 0 aliphatic carbocycles. The third-order valence-corrected chi connectivity index (χ3v) is 4.74. The van der Waals surface area contributed by atoms with Crippen molar-refractivity contribution in [3.8, 4) is 11.3 Å². The highest BCUT2D eigenvalue weighted by molar-refractivity contribution is 6.07. The molecule has 1 amide bonds. The Bertz CT molecular complexity index is 911. The number of likely N-dealkylation sites (tertiary alicyclic amines) is 1. The summed E-state index contributed by atoms with van der Waals surface area (Å²) in [6.45, 7) is 1.42. The van der Waals surface area contributed by atoms with Gasteiger partial charge in [-0.25, -0.2) is 4.98 Å². The van der Waals surface area contributed by atoms with Crippen LogP contribution in [0.4, 0.5) is 0 Å². The van der Waals surface area contributed by atoms with Gasteiger partial charge in [0.2, 0.25) is 0 Å². The zero-order valence-corrected chi connectivity index (χ0v) is 13.8. The number of carbonyl (C=O) groups excluding carboxylic acids is 1. The zero-order chi connectivity index (χ0) is 17.2. The summed E-state index contributed by atoms with van der Waals surface area (Å²) in [5.41, 5.74) is 3.08. The fourth-order valence-corrected chi connectivity index (χ4v) is 3.35. The number of para-hydroxylation sites is 1. The lowest BCUT2D eigenvalue weighted by atomic mass is 10.0. The van der Waals surface area contributed by atoms with Crippen LogP contribution in [0.5, 0.6) is 0 Å². The first-order chi connectivity index (χ1) is 12.3. The van der Waals surface area contributed by atoms with E-state index in [0.717, 1.165) is 28.6 Å². The molecule has 0 radical (unpaired) electrons. The minimum absolute atomic E-state index is 0.000287. The minimum atomic E-state index is -0.000287. The van der Waals surface area contributed by atoms with Crippen molar-refractivity contribution < 1.29 is 9.90 Å². The standard InChI is InChI=1S/C20H19N3O2/c24-13-14-7-9-23(12-14)20(25)17-10-19(15-4-3-8-21-11-15)22-18-6-2-1-5-16(17)18/h1-6,8,10-11,14,24H,7,9,12-13H2. The summed E-state index contributed by atoms with van der Waals surface area (Å²) >= 11 is 0. The molecular formula is C20H19N3O2. The summed E-state index contributed by atoms with van der Waals surface area (Å²) in [6, 6.07) is 13.4. The second kappa shape index (κ2) is 6.61. The lowest BCUT2D eigenvalue weighted by Gasteiger charge is -2.18. The third-order valence-electron chi connectivity index (χ3n) is 4.74. The molecule has 0 spiro atoms. The summed E-state index contributed by atoms with van der Waals surface area (Å²) in [5.74, 6) is 0.175. The van der Waals surface area contributed by atoms with Gasteiger partial charge < -0.3 is 10.0 Å². The molecule has 0 bridgehead atoms. The average Bonchev–Trinajstić information content (AvgIpc) is 3.16. The van der Waals surface area contributed by atoms with Gasteiger partial charge in [0.1, 0.15) is 0 Å². The second-order valence-electron chi connectivity index (χ2n) is 6.40. The molecule has 25 heavy (non-hydrogen) atoms. The van der Waals surface area contributed by atoms with Gasteiger partial charge >= 0.3 is 0 Å². The van der Waals surface area contributed by atoms with E-state index in [1.54, 1.807) is 12.4 Å². The molecule has 126 valence electrons. The van der Waals surface area contributed by atoms with Crippen LogP contribution in [0.3, 0.4) is 0 Å². The van der Waals surface area contributed by atoms with Crippen molar-refractivity contribution in [3.05, 3.63) is 60.4 Å². The van der Waals surface area contributed by atoms with Gasteiger partial charge in [-0.05, 0) is 30.7 Å². The molecule has 3 aromatic rings. The molecular weight excluding hydrogens is 314 g/mol. The van der Waals surface area contributed by atoms with E-state index >= 15 is 0 Å². The number of aliphatic hydroxyl groups excluding tert-OH is 1. The maximum Gasteiger partial charge on any atom is 0.254 e. The van der Waals surface area contributed by atoms with Gasteiger partial charge in [-0.15, -0.1) is 0 Å². The summed E-state index contributed by atoms with van der Waals surface area (Å²) < 4.78 is 0. The van der Waals surface area contributed by atoms with E-state index < -0.39 is 0 Å². The van der Waals surface area contributed by atoms with Gasteiger partial charge in [0, 0.05) is 49.0 Å². The lowest BCUT2D eigenvalue weighted by Crippen LogP contribution is -2.29. The van der Waals surface area contributed by atoms with Crippen molar-refractivity contribution in [2.75, 3.05) is 19.7 Å². The second-order valence-corrected chi connectivity index (χ2v) is 6.40. The van der Waals surface area contributed by atoms with E-state index in [1.807, 2.05) is 47.4 Å². The van der Waals surface area contributed by atoms with E-state index in [0.29, 0.717) is 18.7 Å².